The van der Waals surface area contributed by atoms with Crippen LogP contribution in [0.4, 0.5) is 4.39 Å². The third kappa shape index (κ3) is 3.95. The summed E-state index contributed by atoms with van der Waals surface area (Å²) in [5.74, 6) is 0.701. The van der Waals surface area contributed by atoms with Gasteiger partial charge in [-0.3, -0.25) is 0 Å². The van der Waals surface area contributed by atoms with Crippen molar-refractivity contribution in [3.63, 3.8) is 0 Å². The molecular formula is C17H20FNO2. The zero-order valence-electron chi connectivity index (χ0n) is 12.3. The van der Waals surface area contributed by atoms with E-state index in [2.05, 4.69) is 0 Å². The topological polar surface area (TPSA) is 44.5 Å². The first-order chi connectivity index (χ1) is 10.1. The minimum atomic E-state index is -0.337. The third-order valence-corrected chi connectivity index (χ3v) is 3.19. The van der Waals surface area contributed by atoms with Crippen LogP contribution in [0.15, 0.2) is 42.5 Å². The summed E-state index contributed by atoms with van der Waals surface area (Å²) in [5, 5.41) is 0. The molecule has 0 aliphatic rings. The summed E-state index contributed by atoms with van der Waals surface area (Å²) in [6.45, 7) is 4.48. The van der Waals surface area contributed by atoms with E-state index in [1.807, 2.05) is 31.2 Å². The normalized spacial score (nSPS) is 12.0. The summed E-state index contributed by atoms with van der Waals surface area (Å²) in [5.41, 5.74) is 7.55. The number of benzene rings is 2. The van der Waals surface area contributed by atoms with E-state index in [0.29, 0.717) is 12.2 Å². The van der Waals surface area contributed by atoms with E-state index in [-0.39, 0.29) is 24.2 Å². The van der Waals surface area contributed by atoms with Crippen LogP contribution in [-0.2, 0) is 0 Å². The first-order valence-corrected chi connectivity index (χ1v) is 6.98. The van der Waals surface area contributed by atoms with E-state index < -0.39 is 0 Å². The second kappa shape index (κ2) is 7.09. The van der Waals surface area contributed by atoms with Crippen molar-refractivity contribution in [1.29, 1.82) is 0 Å². The lowest BCUT2D eigenvalue weighted by atomic mass is 10.1. The monoisotopic (exact) mass is 289 g/mol. The van der Waals surface area contributed by atoms with Gasteiger partial charge in [-0.25, -0.2) is 4.39 Å². The van der Waals surface area contributed by atoms with Crippen LogP contribution in [-0.4, -0.2) is 13.2 Å². The fourth-order valence-electron chi connectivity index (χ4n) is 1.99. The highest BCUT2D eigenvalue weighted by molar-refractivity contribution is 5.31. The first kappa shape index (κ1) is 15.3. The van der Waals surface area contributed by atoms with Crippen molar-refractivity contribution in [1.82, 2.24) is 0 Å². The minimum Gasteiger partial charge on any atom is -0.494 e. The Morgan fingerprint density at radius 2 is 1.81 bits per heavy atom. The van der Waals surface area contributed by atoms with Crippen molar-refractivity contribution in [3.8, 4) is 11.5 Å². The Labute approximate surface area is 124 Å². The molecule has 2 N–H and O–H groups in total. The lowest BCUT2D eigenvalue weighted by Gasteiger charge is -2.15. The highest BCUT2D eigenvalue weighted by Crippen LogP contribution is 2.22. The van der Waals surface area contributed by atoms with E-state index in [9.17, 15) is 4.39 Å². The quantitative estimate of drug-likeness (QED) is 0.883. The number of ether oxygens (including phenoxy) is 2. The van der Waals surface area contributed by atoms with Crippen molar-refractivity contribution < 1.29 is 13.9 Å². The molecule has 1 unspecified atom stereocenters. The summed E-state index contributed by atoms with van der Waals surface area (Å²) in [4.78, 5) is 0. The van der Waals surface area contributed by atoms with Crippen LogP contribution in [0.5, 0.6) is 11.5 Å². The number of aryl methyl sites for hydroxylation is 1. The molecule has 0 saturated carbocycles. The van der Waals surface area contributed by atoms with Crippen LogP contribution in [0.25, 0.3) is 0 Å². The summed E-state index contributed by atoms with van der Waals surface area (Å²) in [6, 6.07) is 12.3. The first-order valence-electron chi connectivity index (χ1n) is 6.98. The Morgan fingerprint density at radius 3 is 2.48 bits per heavy atom. The van der Waals surface area contributed by atoms with Crippen LogP contribution in [0.3, 0.4) is 0 Å². The Balaban J connectivity index is 1.98. The molecule has 0 fully saturated rings. The number of halogens is 1. The molecule has 1 atom stereocenters. The van der Waals surface area contributed by atoms with Gasteiger partial charge in [0.15, 0.2) is 11.6 Å². The molecule has 0 aliphatic carbocycles. The predicted molar refractivity (Wildman–Crippen MR) is 81.2 cm³/mol. The fraction of sp³-hybridized carbons (Fsp3) is 0.294. The molecule has 2 aromatic carbocycles. The van der Waals surface area contributed by atoms with Crippen molar-refractivity contribution in [2.24, 2.45) is 5.73 Å². The maximum absolute atomic E-state index is 13.8. The van der Waals surface area contributed by atoms with Gasteiger partial charge in [-0.2, -0.15) is 0 Å². The Bertz CT molecular complexity index is 584. The molecule has 0 amide bonds. The van der Waals surface area contributed by atoms with Gasteiger partial charge in [-0.05, 0) is 43.2 Å². The molecule has 0 heterocycles. The number of hydrogen-bond donors (Lipinski definition) is 1. The zero-order chi connectivity index (χ0) is 15.2. The largest absolute Gasteiger partial charge is 0.494 e. The maximum Gasteiger partial charge on any atom is 0.167 e. The molecule has 0 saturated heterocycles. The number of nitrogens with two attached hydrogens (primary N) is 1. The second-order valence-electron chi connectivity index (χ2n) is 4.81. The maximum atomic E-state index is 13.8. The Kier molecular flexibility index (Phi) is 5.17. The Hall–Kier alpha value is -2.07. The van der Waals surface area contributed by atoms with Crippen LogP contribution in [0, 0.1) is 12.7 Å². The molecule has 4 heteroatoms. The van der Waals surface area contributed by atoms with Gasteiger partial charge in [-0.15, -0.1) is 0 Å². The SMILES string of the molecule is CCOc1ccc(C(N)COc2cccc(C)c2F)cc1. The third-order valence-electron chi connectivity index (χ3n) is 3.19. The lowest BCUT2D eigenvalue weighted by molar-refractivity contribution is 0.276. The molecule has 3 nitrogen and oxygen atoms in total. The predicted octanol–water partition coefficient (Wildman–Crippen LogP) is 3.61. The molecule has 2 aromatic rings. The highest BCUT2D eigenvalue weighted by atomic mass is 19.1. The van der Waals surface area contributed by atoms with E-state index in [0.717, 1.165) is 11.3 Å². The Morgan fingerprint density at radius 1 is 1.10 bits per heavy atom. The van der Waals surface area contributed by atoms with Gasteiger partial charge in [0, 0.05) is 0 Å². The molecule has 0 aromatic heterocycles. The van der Waals surface area contributed by atoms with E-state index in [4.69, 9.17) is 15.2 Å². The molecule has 0 aliphatic heterocycles. The van der Waals surface area contributed by atoms with Crippen LogP contribution in [0.1, 0.15) is 24.1 Å². The number of rotatable bonds is 6. The fourth-order valence-corrected chi connectivity index (χ4v) is 1.99. The van der Waals surface area contributed by atoms with E-state index in [1.54, 1.807) is 25.1 Å². The van der Waals surface area contributed by atoms with Gasteiger partial charge in [0.05, 0.1) is 12.6 Å². The molecule has 112 valence electrons. The van der Waals surface area contributed by atoms with Gasteiger partial charge in [0.25, 0.3) is 0 Å². The molecule has 21 heavy (non-hydrogen) atoms. The van der Waals surface area contributed by atoms with Gasteiger partial charge < -0.3 is 15.2 Å². The molecule has 0 bridgehead atoms. The summed E-state index contributed by atoms with van der Waals surface area (Å²) in [6.07, 6.45) is 0. The average molecular weight is 289 g/mol. The lowest BCUT2D eigenvalue weighted by Crippen LogP contribution is -2.19. The molecule has 2 rings (SSSR count). The van der Waals surface area contributed by atoms with E-state index >= 15 is 0 Å². The zero-order valence-corrected chi connectivity index (χ0v) is 12.3. The van der Waals surface area contributed by atoms with Gasteiger partial charge in [0.1, 0.15) is 12.4 Å². The summed E-state index contributed by atoms with van der Waals surface area (Å²) in [7, 11) is 0. The van der Waals surface area contributed by atoms with Crippen LogP contribution in [0.2, 0.25) is 0 Å². The van der Waals surface area contributed by atoms with E-state index in [1.165, 1.54) is 0 Å². The van der Waals surface area contributed by atoms with Gasteiger partial charge >= 0.3 is 0 Å². The smallest absolute Gasteiger partial charge is 0.167 e. The van der Waals surface area contributed by atoms with Crippen LogP contribution >= 0.6 is 0 Å². The number of hydrogen-bond acceptors (Lipinski definition) is 3. The van der Waals surface area contributed by atoms with Crippen LogP contribution < -0.4 is 15.2 Å². The van der Waals surface area contributed by atoms with Crippen molar-refractivity contribution >= 4 is 0 Å². The van der Waals surface area contributed by atoms with Crippen molar-refractivity contribution in [2.45, 2.75) is 19.9 Å². The van der Waals surface area contributed by atoms with Crippen molar-refractivity contribution in [3.05, 3.63) is 59.4 Å². The highest BCUT2D eigenvalue weighted by Gasteiger charge is 2.10. The van der Waals surface area contributed by atoms with Gasteiger partial charge in [0.2, 0.25) is 0 Å². The van der Waals surface area contributed by atoms with Crippen molar-refractivity contribution in [2.75, 3.05) is 13.2 Å². The average Bonchev–Trinajstić information content (AvgIpc) is 2.49. The molecule has 0 spiro atoms. The molecule has 0 radical (unpaired) electrons. The van der Waals surface area contributed by atoms with Gasteiger partial charge in [-0.1, -0.05) is 24.3 Å². The second-order valence-corrected chi connectivity index (χ2v) is 4.81. The summed E-state index contributed by atoms with van der Waals surface area (Å²) < 4.78 is 24.7. The molecular weight excluding hydrogens is 269 g/mol. The summed E-state index contributed by atoms with van der Waals surface area (Å²) >= 11 is 0. The standard InChI is InChI=1S/C17H20FNO2/c1-3-20-14-9-7-13(8-10-14)15(19)11-21-16-6-4-5-12(2)17(16)18/h4-10,15H,3,11,19H2,1-2H3. The minimum absolute atomic E-state index is 0.217.